The highest BCUT2D eigenvalue weighted by molar-refractivity contribution is 4.93. The Morgan fingerprint density at radius 2 is 1.23 bits per heavy atom. The molecule has 1 N–H and O–H groups in total. The second-order valence-electron chi connectivity index (χ2n) is 8.76. The van der Waals surface area contributed by atoms with Crippen molar-refractivity contribution in [3.63, 3.8) is 0 Å². The summed E-state index contributed by atoms with van der Waals surface area (Å²) >= 11 is 0. The first-order valence-corrected chi connectivity index (χ1v) is 11.8. The third kappa shape index (κ3) is 12.9. The zero-order chi connectivity index (χ0) is 33.7. The highest BCUT2D eigenvalue weighted by Gasteiger charge is 2.54. The SMILES string of the molecule is CC(C)O[C@@H]1O[C@@H](CO[N+](=O)[O-])C(OC(CC(CO[N+](=O)[O-])[C@H](C)O)C(O[N+](=O)[O-])O[N+](=O)[O-])C(O[N+](=O)[O-])C1O[N+](=O)[O-]. The van der Waals surface area contributed by atoms with Crippen LogP contribution in [0.2, 0.25) is 0 Å². The molecular weight excluding hydrogens is 628 g/mol. The summed E-state index contributed by atoms with van der Waals surface area (Å²) in [5.41, 5.74) is 0. The summed E-state index contributed by atoms with van der Waals surface area (Å²) in [6.07, 6.45) is -19.2. The van der Waals surface area contributed by atoms with E-state index in [4.69, 9.17) is 14.2 Å². The Bertz CT molecular complexity index is 999. The van der Waals surface area contributed by atoms with E-state index in [-0.39, 0.29) is 0 Å². The zero-order valence-corrected chi connectivity index (χ0v) is 22.6. The van der Waals surface area contributed by atoms with Gasteiger partial charge in [0.25, 0.3) is 36.8 Å². The highest BCUT2D eigenvalue weighted by Crippen LogP contribution is 2.33. The molecule has 0 aliphatic carbocycles. The smallest absolute Gasteiger partial charge is 0.296 e. The van der Waals surface area contributed by atoms with Gasteiger partial charge in [-0.2, -0.15) is 0 Å². The summed E-state index contributed by atoms with van der Waals surface area (Å²) in [5, 5.41) is 67.8. The number of ether oxygens (including phenoxy) is 3. The number of aliphatic hydroxyl groups is 1. The topological polar surface area (TPSA) is 362 Å². The molecular formula is C16H26N6O22. The molecule has 0 aromatic carbocycles. The van der Waals surface area contributed by atoms with Crippen molar-refractivity contribution in [3.8, 4) is 0 Å². The van der Waals surface area contributed by atoms with Crippen LogP contribution < -0.4 is 0 Å². The quantitative estimate of drug-likeness (QED) is 0.0795. The maximum atomic E-state index is 11.4. The number of hydrogen-bond acceptors (Lipinski definition) is 22. The molecule has 1 rings (SSSR count). The van der Waals surface area contributed by atoms with Gasteiger partial charge in [0.1, 0.15) is 31.5 Å². The van der Waals surface area contributed by atoms with E-state index in [1.54, 1.807) is 0 Å². The molecule has 8 atom stereocenters. The first kappa shape index (κ1) is 37.1. The molecule has 1 heterocycles. The number of rotatable bonds is 22. The van der Waals surface area contributed by atoms with Crippen LogP contribution in [0.25, 0.3) is 0 Å². The van der Waals surface area contributed by atoms with Gasteiger partial charge in [0, 0.05) is 5.92 Å². The fourth-order valence-electron chi connectivity index (χ4n) is 3.74. The molecule has 1 aliphatic rings. The Balaban J connectivity index is 3.77. The minimum Gasteiger partial charge on any atom is -0.393 e. The molecule has 252 valence electrons. The standard InChI is InChI=1S/C16H26N6O22/c1-7(2)38-16-14(42-20(30)31)13(41-19(28)29)12(11(40-16)6-37-18(26)27)39-10(15(43-21(32)33)44-22(34)35)4-9(8(3)23)5-36-17(24)25/h7-16,23H,4-6H2,1-3H3/t8-,9?,10?,11-,12?,13?,14?,16+/m0/s1. The van der Waals surface area contributed by atoms with Gasteiger partial charge in [0.15, 0.2) is 18.5 Å². The summed E-state index contributed by atoms with van der Waals surface area (Å²) in [6.45, 7) is 1.67. The lowest BCUT2D eigenvalue weighted by Gasteiger charge is -2.45. The van der Waals surface area contributed by atoms with Gasteiger partial charge in [0.05, 0.1) is 12.2 Å². The Hall–Kier alpha value is -4.96. The van der Waals surface area contributed by atoms with Gasteiger partial charge in [-0.3, -0.25) is 9.68 Å². The molecule has 5 unspecified atom stereocenters. The van der Waals surface area contributed by atoms with Gasteiger partial charge in [-0.15, -0.1) is 60.7 Å². The maximum Gasteiger partial charge on any atom is 0.296 e. The van der Waals surface area contributed by atoms with Crippen molar-refractivity contribution in [1.82, 2.24) is 0 Å². The molecule has 44 heavy (non-hydrogen) atoms. The van der Waals surface area contributed by atoms with Gasteiger partial charge < -0.3 is 38.7 Å². The number of aliphatic hydroxyl groups excluding tert-OH is 1. The van der Waals surface area contributed by atoms with Gasteiger partial charge in [-0.1, -0.05) is 0 Å². The molecule has 0 bridgehead atoms. The number of hydrogen-bond donors (Lipinski definition) is 1. The molecule has 0 spiro atoms. The lowest BCUT2D eigenvalue weighted by molar-refractivity contribution is -0.854. The normalized spacial score (nSPS) is 23.5. The van der Waals surface area contributed by atoms with Crippen LogP contribution in [0.1, 0.15) is 27.2 Å². The van der Waals surface area contributed by atoms with Crippen molar-refractivity contribution in [3.05, 3.63) is 60.7 Å². The van der Waals surface area contributed by atoms with Crippen molar-refractivity contribution < 1.29 is 78.9 Å². The van der Waals surface area contributed by atoms with E-state index in [0.29, 0.717) is 0 Å². The van der Waals surface area contributed by atoms with Gasteiger partial charge >= 0.3 is 0 Å². The average Bonchev–Trinajstić information content (AvgIpc) is 2.85. The van der Waals surface area contributed by atoms with Crippen LogP contribution in [-0.2, 0) is 43.2 Å². The van der Waals surface area contributed by atoms with Gasteiger partial charge in [0.2, 0.25) is 0 Å². The minimum absolute atomic E-state index is 0.837. The molecule has 28 heteroatoms. The summed E-state index contributed by atoms with van der Waals surface area (Å²) < 4.78 is 16.3. The van der Waals surface area contributed by atoms with Crippen molar-refractivity contribution in [1.29, 1.82) is 0 Å². The van der Waals surface area contributed by atoms with Crippen LogP contribution in [0.3, 0.4) is 0 Å². The number of nitrogens with zero attached hydrogens (tertiary/aromatic N) is 6. The van der Waals surface area contributed by atoms with Gasteiger partial charge in [-0.25, -0.2) is 0 Å². The highest BCUT2D eigenvalue weighted by atomic mass is 17.1. The van der Waals surface area contributed by atoms with E-state index in [1.807, 2.05) is 0 Å². The molecule has 0 aromatic heterocycles. The molecule has 0 amide bonds. The molecule has 28 nitrogen and oxygen atoms in total. The van der Waals surface area contributed by atoms with Crippen molar-refractivity contribution in [2.75, 3.05) is 13.2 Å². The summed E-state index contributed by atoms with van der Waals surface area (Å²) in [5.74, 6) is -1.48. The molecule has 1 fully saturated rings. The van der Waals surface area contributed by atoms with E-state index in [9.17, 15) is 65.8 Å². The van der Waals surface area contributed by atoms with Crippen LogP contribution in [0.15, 0.2) is 0 Å². The average molecular weight is 654 g/mol. The third-order valence-corrected chi connectivity index (χ3v) is 5.38. The predicted molar refractivity (Wildman–Crippen MR) is 123 cm³/mol. The Morgan fingerprint density at radius 1 is 0.705 bits per heavy atom. The van der Waals surface area contributed by atoms with Crippen LogP contribution in [0.5, 0.6) is 0 Å². The second-order valence-corrected chi connectivity index (χ2v) is 8.76. The maximum absolute atomic E-state index is 11.4. The fourth-order valence-corrected chi connectivity index (χ4v) is 3.74. The molecule has 0 radical (unpaired) electrons. The Morgan fingerprint density at radius 3 is 1.66 bits per heavy atom. The van der Waals surface area contributed by atoms with Crippen LogP contribution >= 0.6 is 0 Å². The molecule has 1 aliphatic heterocycles. The van der Waals surface area contributed by atoms with Crippen LogP contribution in [-0.4, -0.2) is 104 Å². The van der Waals surface area contributed by atoms with Crippen LogP contribution in [0.4, 0.5) is 0 Å². The van der Waals surface area contributed by atoms with Crippen molar-refractivity contribution >= 4 is 0 Å². The van der Waals surface area contributed by atoms with E-state index in [0.717, 1.165) is 6.92 Å². The Labute approximate surface area is 242 Å². The summed E-state index contributed by atoms with van der Waals surface area (Å²) in [4.78, 5) is 92.2. The monoisotopic (exact) mass is 654 g/mol. The third-order valence-electron chi connectivity index (χ3n) is 5.38. The van der Waals surface area contributed by atoms with Gasteiger partial charge in [-0.05, 0) is 27.2 Å². The van der Waals surface area contributed by atoms with E-state index in [1.165, 1.54) is 13.8 Å². The van der Waals surface area contributed by atoms with Crippen molar-refractivity contribution in [2.45, 2.75) is 82.5 Å². The molecule has 1 saturated heterocycles. The molecule has 0 aromatic rings. The van der Waals surface area contributed by atoms with E-state index >= 15 is 0 Å². The van der Waals surface area contributed by atoms with E-state index < -0.39 is 111 Å². The fraction of sp³-hybridized carbons (Fsp3) is 1.00. The van der Waals surface area contributed by atoms with Crippen LogP contribution in [0, 0.1) is 66.6 Å². The second kappa shape index (κ2) is 17.2. The largest absolute Gasteiger partial charge is 0.393 e. The summed E-state index contributed by atoms with van der Waals surface area (Å²) in [6, 6.07) is 0. The lowest BCUT2D eigenvalue weighted by Crippen LogP contribution is -2.64. The summed E-state index contributed by atoms with van der Waals surface area (Å²) in [7, 11) is 0. The Kier molecular flexibility index (Phi) is 14.5. The first-order valence-electron chi connectivity index (χ1n) is 11.8. The zero-order valence-electron chi connectivity index (χ0n) is 22.6. The lowest BCUT2D eigenvalue weighted by atomic mass is 9.95. The molecule has 0 saturated carbocycles. The van der Waals surface area contributed by atoms with E-state index in [2.05, 4.69) is 29.0 Å². The minimum atomic E-state index is -2.73. The van der Waals surface area contributed by atoms with Crippen molar-refractivity contribution in [2.24, 2.45) is 5.92 Å². The predicted octanol–water partition coefficient (Wildman–Crippen LogP) is -1.41. The first-order chi connectivity index (χ1) is 20.4.